The van der Waals surface area contributed by atoms with Gasteiger partial charge in [0.25, 0.3) is 5.91 Å². The van der Waals surface area contributed by atoms with Crippen molar-refractivity contribution in [2.75, 3.05) is 0 Å². The van der Waals surface area contributed by atoms with Crippen LogP contribution < -0.4 is 5.32 Å². The van der Waals surface area contributed by atoms with Gasteiger partial charge in [-0.2, -0.15) is 0 Å². The molecule has 0 bridgehead atoms. The predicted molar refractivity (Wildman–Crippen MR) is 83.6 cm³/mol. The molecule has 2 rings (SSSR count). The Labute approximate surface area is 127 Å². The van der Waals surface area contributed by atoms with Crippen LogP contribution in [0, 0.1) is 0 Å². The van der Waals surface area contributed by atoms with Gasteiger partial charge in [-0.3, -0.25) is 4.79 Å². The van der Waals surface area contributed by atoms with Crippen LogP contribution in [-0.4, -0.2) is 16.9 Å². The molecule has 3 nitrogen and oxygen atoms in total. The van der Waals surface area contributed by atoms with Gasteiger partial charge in [0.15, 0.2) is 0 Å². The van der Waals surface area contributed by atoms with Crippen molar-refractivity contribution >= 4 is 21.8 Å². The lowest BCUT2D eigenvalue weighted by molar-refractivity contribution is 0.0938. The molecule has 1 atom stereocenters. The Morgan fingerprint density at radius 1 is 1.25 bits per heavy atom. The quantitative estimate of drug-likeness (QED) is 0.850. The molecule has 1 amide bonds. The Bertz CT molecular complexity index is 554. The van der Waals surface area contributed by atoms with Crippen LogP contribution in [0.1, 0.15) is 29.3 Å². The highest BCUT2D eigenvalue weighted by molar-refractivity contribution is 9.10. The minimum atomic E-state index is -0.0782. The summed E-state index contributed by atoms with van der Waals surface area (Å²) in [7, 11) is 0. The summed E-state index contributed by atoms with van der Waals surface area (Å²) in [4.78, 5) is 16.1. The van der Waals surface area contributed by atoms with Crippen LogP contribution in [0.25, 0.3) is 0 Å². The fourth-order valence-corrected chi connectivity index (χ4v) is 2.15. The van der Waals surface area contributed by atoms with E-state index in [0.717, 1.165) is 17.4 Å². The third-order valence-electron chi connectivity index (χ3n) is 3.08. The number of benzene rings is 1. The van der Waals surface area contributed by atoms with Crippen LogP contribution in [-0.2, 0) is 6.42 Å². The highest BCUT2D eigenvalue weighted by Crippen LogP contribution is 2.08. The minimum absolute atomic E-state index is 0.0782. The molecular formula is C16H17BrN2O. The van der Waals surface area contributed by atoms with Gasteiger partial charge < -0.3 is 5.32 Å². The Morgan fingerprint density at radius 3 is 2.65 bits per heavy atom. The molecule has 4 heteroatoms. The molecule has 1 aromatic heterocycles. The predicted octanol–water partition coefficient (Wildman–Crippen LogP) is 3.60. The number of hydrogen-bond acceptors (Lipinski definition) is 2. The van der Waals surface area contributed by atoms with E-state index >= 15 is 0 Å². The summed E-state index contributed by atoms with van der Waals surface area (Å²) in [6.45, 7) is 2.02. The number of nitrogens with one attached hydrogen (secondary N) is 1. The molecule has 0 aliphatic rings. The first kappa shape index (κ1) is 14.7. The third kappa shape index (κ3) is 4.46. The summed E-state index contributed by atoms with van der Waals surface area (Å²) in [5.41, 5.74) is 1.87. The van der Waals surface area contributed by atoms with Crippen molar-refractivity contribution in [3.63, 3.8) is 0 Å². The summed E-state index contributed by atoms with van der Waals surface area (Å²) >= 11 is 3.25. The number of nitrogens with zero attached hydrogens (tertiary/aromatic N) is 1. The maximum absolute atomic E-state index is 12.0. The second-order valence-corrected chi connectivity index (χ2v) is 5.58. The van der Waals surface area contributed by atoms with Crippen molar-refractivity contribution < 1.29 is 4.79 Å². The first-order chi connectivity index (χ1) is 9.65. The van der Waals surface area contributed by atoms with Crippen molar-refractivity contribution in [1.82, 2.24) is 10.3 Å². The van der Waals surface area contributed by atoms with E-state index < -0.39 is 0 Å². The van der Waals surface area contributed by atoms with Crippen LogP contribution in [0.2, 0.25) is 0 Å². The largest absolute Gasteiger partial charge is 0.350 e. The summed E-state index contributed by atoms with van der Waals surface area (Å²) in [6.07, 6.45) is 3.45. The lowest BCUT2D eigenvalue weighted by Crippen LogP contribution is -2.32. The fourth-order valence-electron chi connectivity index (χ4n) is 1.92. The van der Waals surface area contributed by atoms with Gasteiger partial charge in [-0.05, 0) is 53.4 Å². The molecule has 0 fully saturated rings. The number of pyridine rings is 1. The summed E-state index contributed by atoms with van der Waals surface area (Å²) in [5.74, 6) is -0.0782. The van der Waals surface area contributed by atoms with Crippen molar-refractivity contribution in [3.05, 3.63) is 64.4 Å². The molecule has 104 valence electrons. The van der Waals surface area contributed by atoms with Crippen LogP contribution in [0.4, 0.5) is 0 Å². The number of hydrogen-bond donors (Lipinski definition) is 1. The lowest BCUT2D eigenvalue weighted by atomic mass is 10.1. The van der Waals surface area contributed by atoms with Crippen molar-refractivity contribution in [2.24, 2.45) is 0 Å². The van der Waals surface area contributed by atoms with Crippen LogP contribution in [0.15, 0.2) is 53.3 Å². The highest BCUT2D eigenvalue weighted by Gasteiger charge is 2.10. The van der Waals surface area contributed by atoms with Crippen LogP contribution >= 0.6 is 15.9 Å². The van der Waals surface area contributed by atoms with Crippen molar-refractivity contribution in [1.29, 1.82) is 0 Å². The molecule has 0 saturated carbocycles. The number of carbonyl (C=O) groups is 1. The van der Waals surface area contributed by atoms with E-state index in [0.29, 0.717) is 5.56 Å². The molecule has 0 aliphatic heterocycles. The van der Waals surface area contributed by atoms with E-state index in [1.807, 2.05) is 25.1 Å². The molecule has 20 heavy (non-hydrogen) atoms. The molecule has 0 saturated heterocycles. The Morgan fingerprint density at radius 2 is 2.00 bits per heavy atom. The van der Waals surface area contributed by atoms with Gasteiger partial charge >= 0.3 is 0 Å². The van der Waals surface area contributed by atoms with E-state index in [4.69, 9.17) is 0 Å². The van der Waals surface area contributed by atoms with Crippen molar-refractivity contribution in [2.45, 2.75) is 25.8 Å². The van der Waals surface area contributed by atoms with Gasteiger partial charge in [0, 0.05) is 12.2 Å². The number of aryl methyl sites for hydroxylation is 1. The molecule has 1 aromatic carbocycles. The average Bonchev–Trinajstić information content (AvgIpc) is 2.47. The van der Waals surface area contributed by atoms with Gasteiger partial charge in [0.05, 0.1) is 5.56 Å². The average molecular weight is 333 g/mol. The summed E-state index contributed by atoms with van der Waals surface area (Å²) < 4.78 is 0.728. The van der Waals surface area contributed by atoms with E-state index in [9.17, 15) is 4.79 Å². The van der Waals surface area contributed by atoms with E-state index in [2.05, 4.69) is 38.4 Å². The van der Waals surface area contributed by atoms with Crippen LogP contribution in [0.3, 0.4) is 0 Å². The zero-order valence-electron chi connectivity index (χ0n) is 11.3. The molecule has 0 aliphatic carbocycles. The third-order valence-corrected chi connectivity index (χ3v) is 3.55. The Balaban J connectivity index is 1.83. The Hall–Kier alpha value is -1.68. The molecule has 0 spiro atoms. The first-order valence-electron chi connectivity index (χ1n) is 6.61. The smallest absolute Gasteiger partial charge is 0.253 e. The zero-order chi connectivity index (χ0) is 14.4. The lowest BCUT2D eigenvalue weighted by Gasteiger charge is -2.13. The number of amides is 1. The first-order valence-corrected chi connectivity index (χ1v) is 7.41. The van der Waals surface area contributed by atoms with E-state index in [-0.39, 0.29) is 11.9 Å². The minimum Gasteiger partial charge on any atom is -0.350 e. The highest BCUT2D eigenvalue weighted by atomic mass is 79.9. The summed E-state index contributed by atoms with van der Waals surface area (Å²) in [5, 5.41) is 2.99. The maximum atomic E-state index is 12.0. The maximum Gasteiger partial charge on any atom is 0.253 e. The molecular weight excluding hydrogens is 316 g/mol. The van der Waals surface area contributed by atoms with Gasteiger partial charge in [0.2, 0.25) is 0 Å². The number of rotatable bonds is 5. The van der Waals surface area contributed by atoms with Crippen LogP contribution in [0.5, 0.6) is 0 Å². The van der Waals surface area contributed by atoms with Gasteiger partial charge in [-0.15, -0.1) is 0 Å². The Kier molecular flexibility index (Phi) is 5.30. The molecule has 1 heterocycles. The standard InChI is InChI=1S/C16H17BrN2O/c1-12(7-8-13-5-3-2-4-6-13)19-16(20)14-9-10-15(17)18-11-14/h2-6,9-12H,7-8H2,1H3,(H,19,20). The fraction of sp³-hybridized carbons (Fsp3) is 0.250. The molecule has 1 unspecified atom stereocenters. The molecule has 2 aromatic rings. The van der Waals surface area contributed by atoms with E-state index in [1.54, 1.807) is 18.3 Å². The zero-order valence-corrected chi connectivity index (χ0v) is 12.9. The van der Waals surface area contributed by atoms with Crippen molar-refractivity contribution in [3.8, 4) is 0 Å². The van der Waals surface area contributed by atoms with E-state index in [1.165, 1.54) is 5.56 Å². The van der Waals surface area contributed by atoms with Gasteiger partial charge in [0.1, 0.15) is 4.60 Å². The summed E-state index contributed by atoms with van der Waals surface area (Å²) in [6, 6.07) is 13.9. The number of aromatic nitrogens is 1. The second kappa shape index (κ2) is 7.20. The monoisotopic (exact) mass is 332 g/mol. The number of halogens is 1. The molecule has 0 radical (unpaired) electrons. The normalized spacial score (nSPS) is 11.9. The number of carbonyl (C=O) groups excluding carboxylic acids is 1. The topological polar surface area (TPSA) is 42.0 Å². The van der Waals surface area contributed by atoms with Gasteiger partial charge in [-0.1, -0.05) is 30.3 Å². The van der Waals surface area contributed by atoms with Gasteiger partial charge in [-0.25, -0.2) is 4.98 Å². The SMILES string of the molecule is CC(CCc1ccccc1)NC(=O)c1ccc(Br)nc1. The molecule has 1 N–H and O–H groups in total. The second-order valence-electron chi connectivity index (χ2n) is 4.77.